The summed E-state index contributed by atoms with van der Waals surface area (Å²) in [5.74, 6) is -0.662. The second-order valence-corrected chi connectivity index (χ2v) is 14.8. The average molecular weight is 682 g/mol. The summed E-state index contributed by atoms with van der Waals surface area (Å²) in [5, 5.41) is 0. The van der Waals surface area contributed by atoms with E-state index in [9.17, 15) is 9.59 Å². The SMILES string of the molecule is CCCCCCCCCCCOC(=O)CCCCCC1(CCCCCC(=O)OCCCCCCCCCCC)OCC(CCN(C)C)O1. The molecule has 1 aliphatic heterocycles. The molecule has 1 atom stereocenters. The summed E-state index contributed by atoms with van der Waals surface area (Å²) < 4.78 is 23.9. The van der Waals surface area contributed by atoms with Gasteiger partial charge in [-0.3, -0.25) is 9.59 Å². The molecular weight excluding hydrogens is 602 g/mol. The molecule has 0 N–H and O–H groups in total. The summed E-state index contributed by atoms with van der Waals surface area (Å²) in [6, 6.07) is 0. The molecule has 1 aliphatic rings. The van der Waals surface area contributed by atoms with E-state index in [2.05, 4.69) is 32.8 Å². The number of hydrogen-bond donors (Lipinski definition) is 0. The van der Waals surface area contributed by atoms with Crippen molar-refractivity contribution in [2.45, 2.75) is 212 Å². The van der Waals surface area contributed by atoms with E-state index in [1.54, 1.807) is 0 Å². The monoisotopic (exact) mass is 682 g/mol. The van der Waals surface area contributed by atoms with Crippen LogP contribution >= 0.6 is 0 Å². The van der Waals surface area contributed by atoms with Crippen LogP contribution in [0, 0.1) is 0 Å². The van der Waals surface area contributed by atoms with Crippen molar-refractivity contribution in [3.8, 4) is 0 Å². The highest BCUT2D eigenvalue weighted by Gasteiger charge is 2.40. The first kappa shape index (κ1) is 44.8. The van der Waals surface area contributed by atoms with E-state index >= 15 is 0 Å². The Kier molecular flexibility index (Phi) is 29.7. The van der Waals surface area contributed by atoms with Crippen LogP contribution in [0.2, 0.25) is 0 Å². The molecule has 1 rings (SSSR count). The number of ether oxygens (including phenoxy) is 4. The van der Waals surface area contributed by atoms with Gasteiger partial charge in [0.25, 0.3) is 0 Å². The third-order valence-corrected chi connectivity index (χ3v) is 9.71. The lowest BCUT2D eigenvalue weighted by Crippen LogP contribution is -2.31. The zero-order valence-electron chi connectivity index (χ0n) is 32.3. The van der Waals surface area contributed by atoms with Crippen LogP contribution in [-0.4, -0.2) is 69.2 Å². The highest BCUT2D eigenvalue weighted by molar-refractivity contribution is 5.69. The molecule has 0 amide bonds. The van der Waals surface area contributed by atoms with E-state index in [4.69, 9.17) is 18.9 Å². The van der Waals surface area contributed by atoms with Crippen LogP contribution in [0.5, 0.6) is 0 Å². The van der Waals surface area contributed by atoms with E-state index in [0.29, 0.717) is 32.7 Å². The zero-order valence-corrected chi connectivity index (χ0v) is 32.3. The van der Waals surface area contributed by atoms with Gasteiger partial charge in [-0.15, -0.1) is 0 Å². The first-order valence-corrected chi connectivity index (χ1v) is 20.7. The van der Waals surface area contributed by atoms with Crippen LogP contribution in [0.15, 0.2) is 0 Å². The Balaban J connectivity index is 2.19. The van der Waals surface area contributed by atoms with Crippen LogP contribution in [0.1, 0.15) is 200 Å². The molecule has 1 unspecified atom stereocenters. The largest absolute Gasteiger partial charge is 0.466 e. The van der Waals surface area contributed by atoms with Crippen molar-refractivity contribution in [3.63, 3.8) is 0 Å². The summed E-state index contributed by atoms with van der Waals surface area (Å²) in [7, 11) is 4.18. The lowest BCUT2D eigenvalue weighted by molar-refractivity contribution is -0.180. The van der Waals surface area contributed by atoms with Crippen molar-refractivity contribution in [2.24, 2.45) is 0 Å². The van der Waals surface area contributed by atoms with Crippen molar-refractivity contribution in [1.82, 2.24) is 4.90 Å². The highest BCUT2D eigenvalue weighted by Crippen LogP contribution is 2.35. The molecular formula is C41H79NO6. The molecule has 7 nitrogen and oxygen atoms in total. The first-order chi connectivity index (χ1) is 23.4. The number of unbranched alkanes of at least 4 members (excludes halogenated alkanes) is 20. The number of carbonyl (C=O) groups excluding carboxylic acids is 2. The number of carbonyl (C=O) groups is 2. The van der Waals surface area contributed by atoms with E-state index < -0.39 is 5.79 Å². The third kappa shape index (κ3) is 26.7. The fraction of sp³-hybridized carbons (Fsp3) is 0.951. The van der Waals surface area contributed by atoms with Crippen LogP contribution in [0.25, 0.3) is 0 Å². The van der Waals surface area contributed by atoms with E-state index in [1.807, 2.05) is 0 Å². The number of hydrogen-bond acceptors (Lipinski definition) is 7. The summed E-state index contributed by atoms with van der Waals surface area (Å²) in [6.07, 6.45) is 32.1. The second kappa shape index (κ2) is 31.8. The van der Waals surface area contributed by atoms with E-state index in [0.717, 1.165) is 90.0 Å². The highest BCUT2D eigenvalue weighted by atomic mass is 16.7. The van der Waals surface area contributed by atoms with Crippen molar-refractivity contribution in [1.29, 1.82) is 0 Å². The van der Waals surface area contributed by atoms with Crippen molar-refractivity contribution < 1.29 is 28.5 Å². The fourth-order valence-electron chi connectivity index (χ4n) is 6.57. The maximum atomic E-state index is 12.2. The Morgan fingerprint density at radius 2 is 0.979 bits per heavy atom. The fourth-order valence-corrected chi connectivity index (χ4v) is 6.57. The Morgan fingerprint density at radius 1 is 0.583 bits per heavy atom. The Morgan fingerprint density at radius 3 is 1.40 bits per heavy atom. The molecule has 0 radical (unpaired) electrons. The van der Waals surface area contributed by atoms with Gasteiger partial charge in [0, 0.05) is 32.2 Å². The number of esters is 2. The number of nitrogens with zero attached hydrogens (tertiary/aromatic N) is 1. The minimum atomic E-state index is -0.538. The van der Waals surface area contributed by atoms with Gasteiger partial charge in [0.1, 0.15) is 0 Å². The maximum absolute atomic E-state index is 12.2. The van der Waals surface area contributed by atoms with E-state index in [-0.39, 0.29) is 18.0 Å². The van der Waals surface area contributed by atoms with Crippen molar-refractivity contribution >= 4 is 11.9 Å². The summed E-state index contributed by atoms with van der Waals surface area (Å²) in [4.78, 5) is 26.6. The maximum Gasteiger partial charge on any atom is 0.305 e. The Bertz CT molecular complexity index is 698. The van der Waals surface area contributed by atoms with Crippen LogP contribution in [-0.2, 0) is 28.5 Å². The van der Waals surface area contributed by atoms with Gasteiger partial charge in [-0.2, -0.15) is 0 Å². The molecule has 7 heteroatoms. The van der Waals surface area contributed by atoms with Crippen molar-refractivity contribution in [3.05, 3.63) is 0 Å². The molecule has 1 saturated heterocycles. The Labute approximate surface area is 297 Å². The standard InChI is InChI=1S/C41H79NO6/c1-5-7-9-11-13-15-17-19-27-35-45-39(43)29-23-21-25-32-41(47-37-38(48-41)31-34-42(3)4)33-26-22-24-30-40(44)46-36-28-20-18-16-14-12-10-8-6-2/h38H,5-37H2,1-4H3. The molecule has 0 bridgehead atoms. The van der Waals surface area contributed by atoms with Gasteiger partial charge in [-0.05, 0) is 59.0 Å². The number of rotatable bonds is 35. The molecule has 1 heterocycles. The van der Waals surface area contributed by atoms with Crippen LogP contribution < -0.4 is 0 Å². The minimum Gasteiger partial charge on any atom is -0.466 e. The molecule has 0 spiro atoms. The molecule has 0 saturated carbocycles. The zero-order chi connectivity index (χ0) is 35.0. The van der Waals surface area contributed by atoms with Crippen molar-refractivity contribution in [2.75, 3.05) is 40.5 Å². The van der Waals surface area contributed by atoms with Gasteiger partial charge in [0.05, 0.1) is 25.9 Å². The van der Waals surface area contributed by atoms with Gasteiger partial charge < -0.3 is 23.8 Å². The second-order valence-electron chi connectivity index (χ2n) is 14.8. The van der Waals surface area contributed by atoms with Crippen LogP contribution in [0.3, 0.4) is 0 Å². The Hall–Kier alpha value is -1.18. The van der Waals surface area contributed by atoms with Gasteiger partial charge in [0.2, 0.25) is 0 Å². The van der Waals surface area contributed by atoms with E-state index in [1.165, 1.54) is 89.9 Å². The molecule has 0 aromatic carbocycles. The summed E-state index contributed by atoms with van der Waals surface area (Å²) in [6.45, 7) is 7.25. The van der Waals surface area contributed by atoms with Gasteiger partial charge in [0.15, 0.2) is 5.79 Å². The van der Waals surface area contributed by atoms with Gasteiger partial charge in [-0.25, -0.2) is 0 Å². The normalized spacial score (nSPS) is 15.7. The summed E-state index contributed by atoms with van der Waals surface area (Å²) in [5.41, 5.74) is 0. The smallest absolute Gasteiger partial charge is 0.305 e. The topological polar surface area (TPSA) is 74.3 Å². The molecule has 0 aromatic heterocycles. The molecule has 1 fully saturated rings. The first-order valence-electron chi connectivity index (χ1n) is 20.7. The predicted molar refractivity (Wildman–Crippen MR) is 199 cm³/mol. The third-order valence-electron chi connectivity index (χ3n) is 9.71. The molecule has 284 valence electrons. The lowest BCUT2D eigenvalue weighted by Gasteiger charge is -2.28. The lowest BCUT2D eigenvalue weighted by atomic mass is 9.99. The van der Waals surface area contributed by atoms with Crippen LogP contribution in [0.4, 0.5) is 0 Å². The van der Waals surface area contributed by atoms with Gasteiger partial charge >= 0.3 is 11.9 Å². The van der Waals surface area contributed by atoms with Gasteiger partial charge in [-0.1, -0.05) is 129 Å². The minimum absolute atomic E-state index is 0.0620. The quantitative estimate of drug-likeness (QED) is 0.0487. The average Bonchev–Trinajstić information content (AvgIpc) is 3.48. The predicted octanol–water partition coefficient (Wildman–Crippen LogP) is 11.1. The molecule has 0 aromatic rings. The molecule has 48 heavy (non-hydrogen) atoms. The molecule has 0 aliphatic carbocycles. The summed E-state index contributed by atoms with van der Waals surface area (Å²) >= 11 is 0.